The molecule has 1 heterocycles. The van der Waals surface area contributed by atoms with Crippen molar-refractivity contribution in [3.05, 3.63) is 42.0 Å². The minimum absolute atomic E-state index is 0.159. The van der Waals surface area contributed by atoms with Gasteiger partial charge in [0, 0.05) is 0 Å². The molecule has 0 saturated heterocycles. The molecule has 0 radical (unpaired) electrons. The number of aliphatic hydroxyl groups is 1. The first-order chi connectivity index (χ1) is 9.58. The van der Waals surface area contributed by atoms with Crippen molar-refractivity contribution in [2.45, 2.75) is 39.4 Å². The molecule has 0 saturated carbocycles. The summed E-state index contributed by atoms with van der Waals surface area (Å²) in [6.45, 7) is 6.01. The van der Waals surface area contributed by atoms with E-state index in [2.05, 4.69) is 10.1 Å². The van der Waals surface area contributed by atoms with E-state index >= 15 is 0 Å². The van der Waals surface area contributed by atoms with Crippen LogP contribution in [0.2, 0.25) is 0 Å². The third kappa shape index (κ3) is 3.57. The Morgan fingerprint density at radius 1 is 1.20 bits per heavy atom. The molecule has 2 unspecified atom stereocenters. The molecule has 2 aromatic rings. The van der Waals surface area contributed by atoms with Crippen molar-refractivity contribution in [1.29, 1.82) is 0 Å². The van der Waals surface area contributed by atoms with E-state index in [1.54, 1.807) is 6.92 Å². The fourth-order valence-corrected chi connectivity index (χ4v) is 2.17. The maximum Gasteiger partial charge on any atom is 0.232 e. The Bertz CT molecular complexity index is 515. The van der Waals surface area contributed by atoms with Gasteiger partial charge in [0.1, 0.15) is 5.75 Å². The molecule has 0 aliphatic heterocycles. The summed E-state index contributed by atoms with van der Waals surface area (Å²) in [4.78, 5) is 4.31. The van der Waals surface area contributed by atoms with E-state index in [0.717, 1.165) is 5.75 Å². The van der Waals surface area contributed by atoms with Crippen LogP contribution in [0.3, 0.4) is 0 Å². The molecule has 0 amide bonds. The summed E-state index contributed by atoms with van der Waals surface area (Å²) in [5.41, 5.74) is 0. The molecular formula is C15H20N2O3. The molecule has 1 aromatic carbocycles. The minimum atomic E-state index is -0.529. The Labute approximate surface area is 118 Å². The summed E-state index contributed by atoms with van der Waals surface area (Å²) in [5, 5.41) is 13.7. The molecule has 2 atom stereocenters. The summed E-state index contributed by atoms with van der Waals surface area (Å²) < 4.78 is 10.8. The lowest BCUT2D eigenvalue weighted by molar-refractivity contribution is 0.120. The molecule has 0 aliphatic rings. The number of ether oxygens (including phenoxy) is 1. The molecule has 0 spiro atoms. The molecular weight excluding hydrogens is 256 g/mol. The fourth-order valence-electron chi connectivity index (χ4n) is 2.17. The smallest absolute Gasteiger partial charge is 0.232 e. The number of hydrogen-bond donors (Lipinski definition) is 1. The van der Waals surface area contributed by atoms with Gasteiger partial charge in [0.15, 0.2) is 6.61 Å². The van der Waals surface area contributed by atoms with Crippen LogP contribution in [0.1, 0.15) is 38.4 Å². The molecule has 1 N–H and O–H groups in total. The summed E-state index contributed by atoms with van der Waals surface area (Å²) in [5.74, 6) is 1.76. The first kappa shape index (κ1) is 14.5. The lowest BCUT2D eigenvalue weighted by atomic mass is 9.91. The molecule has 20 heavy (non-hydrogen) atoms. The van der Waals surface area contributed by atoms with E-state index in [0.29, 0.717) is 11.7 Å². The largest absolute Gasteiger partial charge is 0.485 e. The fraction of sp³-hybridized carbons (Fsp3) is 0.467. The molecule has 5 heteroatoms. The predicted octanol–water partition coefficient (Wildman–Crippen LogP) is 2.77. The minimum Gasteiger partial charge on any atom is -0.485 e. The summed E-state index contributed by atoms with van der Waals surface area (Å²) >= 11 is 0. The Balaban J connectivity index is 2.01. The number of hydrogen-bond acceptors (Lipinski definition) is 5. The highest BCUT2D eigenvalue weighted by Crippen LogP contribution is 2.26. The summed E-state index contributed by atoms with van der Waals surface area (Å²) in [6.07, 6.45) is -0.529. The topological polar surface area (TPSA) is 68.4 Å². The Kier molecular flexibility index (Phi) is 4.74. The van der Waals surface area contributed by atoms with Crippen LogP contribution in [0.4, 0.5) is 0 Å². The lowest BCUT2D eigenvalue weighted by Crippen LogP contribution is -2.20. The normalized spacial score (nSPS) is 14.2. The molecule has 1 aromatic heterocycles. The second-order valence-corrected chi connectivity index (χ2v) is 5.16. The van der Waals surface area contributed by atoms with Crippen molar-refractivity contribution in [2.75, 3.05) is 0 Å². The Morgan fingerprint density at radius 2 is 1.90 bits per heavy atom. The number of aliphatic hydroxyl groups excluding tert-OH is 1. The molecule has 0 aliphatic carbocycles. The molecule has 5 nitrogen and oxygen atoms in total. The average molecular weight is 276 g/mol. The monoisotopic (exact) mass is 276 g/mol. The zero-order chi connectivity index (χ0) is 14.5. The van der Waals surface area contributed by atoms with Gasteiger partial charge in [0.2, 0.25) is 11.7 Å². The van der Waals surface area contributed by atoms with Crippen LogP contribution in [-0.2, 0) is 6.61 Å². The summed E-state index contributed by atoms with van der Waals surface area (Å²) in [6, 6.07) is 9.47. The van der Waals surface area contributed by atoms with Gasteiger partial charge in [-0.25, -0.2) is 0 Å². The second kappa shape index (κ2) is 6.52. The zero-order valence-corrected chi connectivity index (χ0v) is 12.0. The van der Waals surface area contributed by atoms with Gasteiger partial charge in [-0.05, 0) is 25.0 Å². The van der Waals surface area contributed by atoms with Crippen molar-refractivity contribution in [3.63, 3.8) is 0 Å². The standard InChI is InChI=1S/C15H20N2O3/c1-10(2)14(11(3)18)15-16-13(17-20-15)9-19-12-7-5-4-6-8-12/h4-8,10-11,14,18H,9H2,1-3H3. The van der Waals surface area contributed by atoms with Gasteiger partial charge >= 0.3 is 0 Å². The van der Waals surface area contributed by atoms with Crippen LogP contribution >= 0.6 is 0 Å². The maximum atomic E-state index is 9.79. The molecule has 108 valence electrons. The van der Waals surface area contributed by atoms with Gasteiger partial charge in [-0.1, -0.05) is 37.2 Å². The Morgan fingerprint density at radius 3 is 2.50 bits per heavy atom. The zero-order valence-electron chi connectivity index (χ0n) is 12.0. The van der Waals surface area contributed by atoms with Crippen molar-refractivity contribution in [3.8, 4) is 5.75 Å². The highest BCUT2D eigenvalue weighted by Gasteiger charge is 2.27. The predicted molar refractivity (Wildman–Crippen MR) is 74.3 cm³/mol. The van der Waals surface area contributed by atoms with Crippen LogP contribution in [0.25, 0.3) is 0 Å². The van der Waals surface area contributed by atoms with E-state index in [1.165, 1.54) is 0 Å². The van der Waals surface area contributed by atoms with E-state index in [-0.39, 0.29) is 18.4 Å². The third-order valence-corrected chi connectivity index (χ3v) is 3.12. The first-order valence-corrected chi connectivity index (χ1v) is 6.76. The number of nitrogens with zero attached hydrogens (tertiary/aromatic N) is 2. The van der Waals surface area contributed by atoms with Crippen molar-refractivity contribution < 1.29 is 14.4 Å². The van der Waals surface area contributed by atoms with Gasteiger partial charge in [-0.2, -0.15) is 4.98 Å². The maximum absolute atomic E-state index is 9.79. The van der Waals surface area contributed by atoms with Crippen molar-refractivity contribution >= 4 is 0 Å². The number of benzene rings is 1. The quantitative estimate of drug-likeness (QED) is 0.878. The van der Waals surface area contributed by atoms with Crippen LogP contribution < -0.4 is 4.74 Å². The van der Waals surface area contributed by atoms with E-state index < -0.39 is 6.10 Å². The lowest BCUT2D eigenvalue weighted by Gasteiger charge is -2.19. The van der Waals surface area contributed by atoms with E-state index in [4.69, 9.17) is 9.26 Å². The first-order valence-electron chi connectivity index (χ1n) is 6.76. The SMILES string of the molecule is CC(C)C(c1nc(COc2ccccc2)no1)C(C)O. The third-order valence-electron chi connectivity index (χ3n) is 3.12. The van der Waals surface area contributed by atoms with Gasteiger partial charge < -0.3 is 14.4 Å². The van der Waals surface area contributed by atoms with Gasteiger partial charge in [-0.15, -0.1) is 0 Å². The number of rotatable bonds is 6. The highest BCUT2D eigenvalue weighted by atomic mass is 16.5. The van der Waals surface area contributed by atoms with Gasteiger partial charge in [0.05, 0.1) is 12.0 Å². The number of aromatic nitrogens is 2. The average Bonchev–Trinajstić information content (AvgIpc) is 2.85. The number of para-hydroxylation sites is 1. The molecule has 0 fully saturated rings. The molecule has 0 bridgehead atoms. The van der Waals surface area contributed by atoms with Crippen LogP contribution in [-0.4, -0.2) is 21.4 Å². The van der Waals surface area contributed by atoms with Gasteiger partial charge in [0.25, 0.3) is 0 Å². The molecule has 2 rings (SSSR count). The van der Waals surface area contributed by atoms with Crippen LogP contribution in [0.15, 0.2) is 34.9 Å². The Hall–Kier alpha value is -1.88. The van der Waals surface area contributed by atoms with Crippen molar-refractivity contribution in [2.24, 2.45) is 5.92 Å². The highest BCUT2D eigenvalue weighted by molar-refractivity contribution is 5.20. The van der Waals surface area contributed by atoms with Gasteiger partial charge in [-0.3, -0.25) is 0 Å². The van der Waals surface area contributed by atoms with Crippen molar-refractivity contribution in [1.82, 2.24) is 10.1 Å². The van der Waals surface area contributed by atoms with Crippen LogP contribution in [0.5, 0.6) is 5.75 Å². The second-order valence-electron chi connectivity index (χ2n) is 5.16. The summed E-state index contributed by atoms with van der Waals surface area (Å²) in [7, 11) is 0. The van der Waals surface area contributed by atoms with E-state index in [1.807, 2.05) is 44.2 Å². The van der Waals surface area contributed by atoms with Crippen LogP contribution in [0, 0.1) is 5.92 Å². The van der Waals surface area contributed by atoms with E-state index in [9.17, 15) is 5.11 Å².